The molecule has 3 rings (SSSR count). The third kappa shape index (κ3) is 3.30. The van der Waals surface area contributed by atoms with E-state index in [1.165, 1.54) is 23.6 Å². The summed E-state index contributed by atoms with van der Waals surface area (Å²) in [6.45, 7) is -1.34. The molecule has 0 unspecified atom stereocenters. The van der Waals surface area contributed by atoms with E-state index in [4.69, 9.17) is 0 Å². The van der Waals surface area contributed by atoms with Crippen molar-refractivity contribution < 1.29 is 18.0 Å². The fraction of sp³-hybridized carbons (Fsp3) is 0.333. The van der Waals surface area contributed by atoms with Gasteiger partial charge in [-0.15, -0.1) is 11.3 Å². The van der Waals surface area contributed by atoms with Crippen molar-refractivity contribution in [2.75, 3.05) is 11.4 Å². The van der Waals surface area contributed by atoms with Gasteiger partial charge in [0, 0.05) is 6.20 Å². The Hall–Kier alpha value is -1.89. The third-order valence-corrected chi connectivity index (χ3v) is 4.33. The predicted octanol–water partition coefficient (Wildman–Crippen LogP) is 4.23. The Morgan fingerprint density at radius 3 is 2.68 bits per heavy atom. The summed E-state index contributed by atoms with van der Waals surface area (Å²) in [6, 6.07) is 6.41. The topological polar surface area (TPSA) is 33.2 Å². The molecule has 1 saturated carbocycles. The average molecular weight is 326 g/mol. The molecule has 0 bridgehead atoms. The lowest BCUT2D eigenvalue weighted by Crippen LogP contribution is -2.39. The first-order chi connectivity index (χ1) is 10.5. The lowest BCUT2D eigenvalue weighted by Gasteiger charge is -2.23. The highest BCUT2D eigenvalue weighted by molar-refractivity contribution is 7.12. The number of amides is 1. The molecule has 116 valence electrons. The van der Waals surface area contributed by atoms with Gasteiger partial charge in [-0.05, 0) is 47.9 Å². The van der Waals surface area contributed by atoms with Crippen molar-refractivity contribution in [3.05, 3.63) is 46.3 Å². The number of nitrogens with zero attached hydrogens (tertiary/aromatic N) is 2. The molecule has 2 aromatic rings. The summed E-state index contributed by atoms with van der Waals surface area (Å²) in [5, 5.41) is 1.76. The van der Waals surface area contributed by atoms with Gasteiger partial charge in [-0.2, -0.15) is 13.2 Å². The van der Waals surface area contributed by atoms with E-state index in [9.17, 15) is 18.0 Å². The summed E-state index contributed by atoms with van der Waals surface area (Å²) in [4.78, 5) is 17.6. The Morgan fingerprint density at radius 2 is 2.09 bits per heavy atom. The first-order valence-electron chi connectivity index (χ1n) is 6.83. The van der Waals surface area contributed by atoms with E-state index in [0.717, 1.165) is 18.4 Å². The first-order valence-corrected chi connectivity index (χ1v) is 7.71. The van der Waals surface area contributed by atoms with Crippen LogP contribution >= 0.6 is 11.3 Å². The fourth-order valence-corrected chi connectivity index (χ4v) is 3.21. The van der Waals surface area contributed by atoms with Crippen LogP contribution < -0.4 is 4.90 Å². The zero-order valence-corrected chi connectivity index (χ0v) is 12.3. The zero-order valence-electron chi connectivity index (χ0n) is 11.5. The molecule has 0 aromatic carbocycles. The highest BCUT2D eigenvalue weighted by Crippen LogP contribution is 2.43. The monoisotopic (exact) mass is 326 g/mol. The lowest BCUT2D eigenvalue weighted by molar-refractivity contribution is -0.118. The van der Waals surface area contributed by atoms with Crippen molar-refractivity contribution in [2.45, 2.75) is 24.9 Å². The van der Waals surface area contributed by atoms with Crippen LogP contribution in [0.1, 0.15) is 34.0 Å². The van der Waals surface area contributed by atoms with E-state index >= 15 is 0 Å². The van der Waals surface area contributed by atoms with E-state index in [1.807, 2.05) is 6.07 Å². The van der Waals surface area contributed by atoms with Crippen LogP contribution in [0.2, 0.25) is 0 Å². The van der Waals surface area contributed by atoms with Gasteiger partial charge >= 0.3 is 6.18 Å². The number of carbonyl (C=O) groups is 1. The molecule has 0 radical (unpaired) electrons. The Balaban J connectivity index is 1.94. The molecule has 2 aromatic heterocycles. The maximum atomic E-state index is 12.8. The first kappa shape index (κ1) is 15.0. The van der Waals surface area contributed by atoms with Crippen LogP contribution in [0.5, 0.6) is 0 Å². The van der Waals surface area contributed by atoms with Gasteiger partial charge in [0.15, 0.2) is 0 Å². The molecule has 7 heteroatoms. The maximum absolute atomic E-state index is 12.8. The quantitative estimate of drug-likeness (QED) is 0.842. The molecule has 0 atom stereocenters. The van der Waals surface area contributed by atoms with Crippen LogP contribution in [-0.2, 0) is 0 Å². The molecule has 1 amide bonds. The van der Waals surface area contributed by atoms with Crippen molar-refractivity contribution in [1.82, 2.24) is 4.98 Å². The second-order valence-electron chi connectivity index (χ2n) is 5.17. The molecule has 0 saturated heterocycles. The van der Waals surface area contributed by atoms with Crippen molar-refractivity contribution in [3.63, 3.8) is 0 Å². The largest absolute Gasteiger partial charge is 0.406 e. The smallest absolute Gasteiger partial charge is 0.283 e. The minimum Gasteiger partial charge on any atom is -0.283 e. The normalized spacial score (nSPS) is 14.9. The highest BCUT2D eigenvalue weighted by Gasteiger charge is 2.37. The average Bonchev–Trinajstić information content (AvgIpc) is 3.21. The lowest BCUT2D eigenvalue weighted by atomic mass is 10.1. The Kier molecular flexibility index (Phi) is 3.90. The summed E-state index contributed by atoms with van der Waals surface area (Å²) >= 11 is 1.19. The second kappa shape index (κ2) is 5.72. The van der Waals surface area contributed by atoms with Crippen LogP contribution in [0.4, 0.5) is 19.0 Å². The number of alkyl halides is 3. The molecule has 1 aliphatic rings. The van der Waals surface area contributed by atoms with Gasteiger partial charge in [0.05, 0.1) is 4.88 Å². The van der Waals surface area contributed by atoms with E-state index in [1.54, 1.807) is 17.5 Å². The van der Waals surface area contributed by atoms with E-state index < -0.39 is 18.6 Å². The van der Waals surface area contributed by atoms with Gasteiger partial charge in [-0.1, -0.05) is 6.07 Å². The van der Waals surface area contributed by atoms with Crippen LogP contribution in [0.25, 0.3) is 0 Å². The minimum atomic E-state index is -4.48. The van der Waals surface area contributed by atoms with Crippen LogP contribution in [0.15, 0.2) is 35.8 Å². The van der Waals surface area contributed by atoms with Crippen LogP contribution in [-0.4, -0.2) is 23.6 Å². The van der Waals surface area contributed by atoms with Gasteiger partial charge in [0.1, 0.15) is 12.4 Å². The number of aromatic nitrogens is 1. The van der Waals surface area contributed by atoms with Crippen molar-refractivity contribution >= 4 is 23.1 Å². The van der Waals surface area contributed by atoms with Gasteiger partial charge in [0.25, 0.3) is 5.91 Å². The number of rotatable bonds is 4. The summed E-state index contributed by atoms with van der Waals surface area (Å²) in [5.41, 5.74) is 0.859. The summed E-state index contributed by atoms with van der Waals surface area (Å²) in [7, 11) is 0. The van der Waals surface area contributed by atoms with Crippen LogP contribution in [0, 0.1) is 0 Å². The number of anilines is 1. The highest BCUT2D eigenvalue weighted by atomic mass is 32.1. The number of pyridine rings is 1. The van der Waals surface area contributed by atoms with E-state index in [-0.39, 0.29) is 5.82 Å². The van der Waals surface area contributed by atoms with Gasteiger partial charge in [-0.3, -0.25) is 9.69 Å². The second-order valence-corrected chi connectivity index (χ2v) is 6.09. The Labute approximate surface area is 129 Å². The van der Waals surface area contributed by atoms with Crippen molar-refractivity contribution in [2.24, 2.45) is 0 Å². The molecule has 1 aliphatic carbocycles. The molecule has 0 spiro atoms. The Bertz CT molecular complexity index is 665. The summed E-state index contributed by atoms with van der Waals surface area (Å²) in [6.07, 6.45) is -1.13. The standard InChI is InChI=1S/C15H13F3N2OS/c16-15(17,18)9-20(12-3-1-2-7-19-12)14(21)13-11(6-8-22-13)10-4-5-10/h1-3,6-8,10H,4-5,9H2. The Morgan fingerprint density at radius 1 is 1.32 bits per heavy atom. The molecule has 2 heterocycles. The fourth-order valence-electron chi connectivity index (χ4n) is 2.28. The van der Waals surface area contributed by atoms with Gasteiger partial charge < -0.3 is 0 Å². The van der Waals surface area contributed by atoms with Gasteiger partial charge in [0.2, 0.25) is 0 Å². The number of halogens is 3. The molecule has 0 aliphatic heterocycles. The molecule has 0 N–H and O–H groups in total. The molecule has 1 fully saturated rings. The number of thiophene rings is 1. The van der Waals surface area contributed by atoms with E-state index in [0.29, 0.717) is 15.7 Å². The molecule has 3 nitrogen and oxygen atoms in total. The molecular weight excluding hydrogens is 313 g/mol. The molecular formula is C15H13F3N2OS. The molecule has 22 heavy (non-hydrogen) atoms. The SMILES string of the molecule is O=C(c1sccc1C1CC1)N(CC(F)(F)F)c1ccccn1. The van der Waals surface area contributed by atoms with Gasteiger partial charge in [-0.25, -0.2) is 4.98 Å². The van der Waals surface area contributed by atoms with E-state index in [2.05, 4.69) is 4.98 Å². The summed E-state index contributed by atoms with van der Waals surface area (Å²) in [5.74, 6) is -0.311. The van der Waals surface area contributed by atoms with Crippen LogP contribution in [0.3, 0.4) is 0 Å². The zero-order chi connectivity index (χ0) is 15.7. The number of hydrogen-bond donors (Lipinski definition) is 0. The van der Waals surface area contributed by atoms with Crippen molar-refractivity contribution in [1.29, 1.82) is 0 Å². The minimum absolute atomic E-state index is 0.0139. The maximum Gasteiger partial charge on any atom is 0.406 e. The number of carbonyl (C=O) groups excluding carboxylic acids is 1. The third-order valence-electron chi connectivity index (χ3n) is 3.42. The number of hydrogen-bond acceptors (Lipinski definition) is 3. The predicted molar refractivity (Wildman–Crippen MR) is 78.3 cm³/mol. The summed E-state index contributed by atoms with van der Waals surface area (Å²) < 4.78 is 38.5. The van der Waals surface area contributed by atoms with Crippen molar-refractivity contribution in [3.8, 4) is 0 Å².